The van der Waals surface area contributed by atoms with Crippen LogP contribution < -0.4 is 11.1 Å². The summed E-state index contributed by atoms with van der Waals surface area (Å²) in [5.41, 5.74) is 10.6. The summed E-state index contributed by atoms with van der Waals surface area (Å²) < 4.78 is 0. The number of carbonyl (C=O) groups is 1. The summed E-state index contributed by atoms with van der Waals surface area (Å²) >= 11 is 6.17. The normalized spacial score (nSPS) is 19.4. The van der Waals surface area contributed by atoms with Crippen LogP contribution in [0.25, 0.3) is 0 Å². The van der Waals surface area contributed by atoms with Gasteiger partial charge in [0.1, 0.15) is 0 Å². The third-order valence-corrected chi connectivity index (χ3v) is 5.43. The topological polar surface area (TPSA) is 55.1 Å². The Hall–Kier alpha value is -1.84. The molecule has 3 nitrogen and oxygen atoms in total. The Balaban J connectivity index is 1.90. The van der Waals surface area contributed by atoms with E-state index in [9.17, 15) is 4.79 Å². The highest BCUT2D eigenvalue weighted by molar-refractivity contribution is 6.30. The average Bonchev–Trinajstić information content (AvgIpc) is 2.60. The molecule has 0 saturated heterocycles. The molecule has 0 saturated carbocycles. The highest BCUT2D eigenvalue weighted by atomic mass is 35.5. The summed E-state index contributed by atoms with van der Waals surface area (Å²) in [6.07, 6.45) is 4.28. The molecule has 0 spiro atoms. The van der Waals surface area contributed by atoms with E-state index in [-0.39, 0.29) is 5.91 Å². The number of primary amides is 1. The molecule has 0 bridgehead atoms. The number of amides is 1. The van der Waals surface area contributed by atoms with Gasteiger partial charge in [0.2, 0.25) is 5.91 Å². The fraction of sp³-hybridized carbons (Fsp3) is 0.381. The number of fused-ring (bicyclic) bond motifs is 1. The number of benzene rings is 2. The van der Waals surface area contributed by atoms with Crippen LogP contribution in [0.2, 0.25) is 5.02 Å². The Kier molecular flexibility index (Phi) is 5.77. The number of carbonyl (C=O) groups excluding carboxylic acids is 1. The highest BCUT2D eigenvalue weighted by Gasteiger charge is 2.29. The van der Waals surface area contributed by atoms with Crippen molar-refractivity contribution in [2.75, 3.05) is 7.05 Å². The molecule has 0 radical (unpaired) electrons. The number of hydrogen-bond acceptors (Lipinski definition) is 2. The SMILES string of the molecule is CNC1CCc2ccc(CCC(N)=O)cc2C1Cc1cccc(Cl)c1. The molecule has 0 aliphatic heterocycles. The molecule has 0 fully saturated rings. The van der Waals surface area contributed by atoms with E-state index in [0.29, 0.717) is 24.8 Å². The van der Waals surface area contributed by atoms with Crippen molar-refractivity contribution in [3.05, 3.63) is 69.7 Å². The molecular weight excluding hydrogens is 332 g/mol. The van der Waals surface area contributed by atoms with Crippen molar-refractivity contribution >= 4 is 17.5 Å². The van der Waals surface area contributed by atoms with Crippen molar-refractivity contribution in [2.24, 2.45) is 5.73 Å². The van der Waals surface area contributed by atoms with Crippen LogP contribution in [-0.4, -0.2) is 19.0 Å². The lowest BCUT2D eigenvalue weighted by atomic mass is 9.75. The Morgan fingerprint density at radius 3 is 2.80 bits per heavy atom. The minimum atomic E-state index is -0.249. The van der Waals surface area contributed by atoms with Gasteiger partial charge in [-0.15, -0.1) is 0 Å². The number of aryl methyl sites for hydroxylation is 2. The molecule has 2 atom stereocenters. The first kappa shape index (κ1) is 18.0. The molecule has 2 aromatic rings. The third kappa shape index (κ3) is 4.42. The largest absolute Gasteiger partial charge is 0.370 e. The van der Waals surface area contributed by atoms with Gasteiger partial charge in [-0.2, -0.15) is 0 Å². The van der Waals surface area contributed by atoms with Crippen LogP contribution in [0.5, 0.6) is 0 Å². The van der Waals surface area contributed by atoms with Crippen molar-refractivity contribution in [1.29, 1.82) is 0 Å². The highest BCUT2D eigenvalue weighted by Crippen LogP contribution is 2.35. The maximum Gasteiger partial charge on any atom is 0.217 e. The predicted molar refractivity (Wildman–Crippen MR) is 103 cm³/mol. The minimum Gasteiger partial charge on any atom is -0.370 e. The van der Waals surface area contributed by atoms with Crippen LogP contribution in [-0.2, 0) is 24.1 Å². The number of halogens is 1. The van der Waals surface area contributed by atoms with E-state index in [1.165, 1.54) is 22.3 Å². The molecule has 3 rings (SSSR count). The second-order valence-corrected chi connectivity index (χ2v) is 7.31. The summed E-state index contributed by atoms with van der Waals surface area (Å²) in [4.78, 5) is 11.1. The lowest BCUT2D eigenvalue weighted by molar-refractivity contribution is -0.117. The van der Waals surface area contributed by atoms with Crippen molar-refractivity contribution in [1.82, 2.24) is 5.32 Å². The Morgan fingerprint density at radius 2 is 2.08 bits per heavy atom. The molecule has 2 unspecified atom stereocenters. The number of nitrogens with one attached hydrogen (secondary N) is 1. The summed E-state index contributed by atoms with van der Waals surface area (Å²) in [6.45, 7) is 0. The summed E-state index contributed by atoms with van der Waals surface area (Å²) in [7, 11) is 2.04. The van der Waals surface area contributed by atoms with E-state index in [2.05, 4.69) is 35.6 Å². The van der Waals surface area contributed by atoms with E-state index in [4.69, 9.17) is 17.3 Å². The first-order valence-corrected chi connectivity index (χ1v) is 9.26. The summed E-state index contributed by atoms with van der Waals surface area (Å²) in [5, 5.41) is 4.27. The van der Waals surface area contributed by atoms with Crippen molar-refractivity contribution in [2.45, 2.75) is 44.1 Å². The first-order valence-electron chi connectivity index (χ1n) is 8.88. The van der Waals surface area contributed by atoms with Gasteiger partial charge in [-0.05, 0) is 67.1 Å². The van der Waals surface area contributed by atoms with Gasteiger partial charge >= 0.3 is 0 Å². The Labute approximate surface area is 154 Å². The molecule has 1 amide bonds. The summed E-state index contributed by atoms with van der Waals surface area (Å²) in [6, 6.07) is 15.2. The van der Waals surface area contributed by atoms with Gasteiger partial charge in [0.05, 0.1) is 0 Å². The molecule has 0 aromatic heterocycles. The van der Waals surface area contributed by atoms with E-state index < -0.39 is 0 Å². The quantitative estimate of drug-likeness (QED) is 0.830. The zero-order valence-corrected chi connectivity index (χ0v) is 15.4. The van der Waals surface area contributed by atoms with Crippen molar-refractivity contribution < 1.29 is 4.79 Å². The molecule has 2 aromatic carbocycles. The third-order valence-electron chi connectivity index (χ3n) is 5.20. The van der Waals surface area contributed by atoms with Crippen LogP contribution in [0.4, 0.5) is 0 Å². The fourth-order valence-electron chi connectivity index (χ4n) is 3.88. The standard InChI is InChI=1S/C21H25ClN2O/c1-24-20-9-8-16-7-5-14(6-10-21(23)25)12-18(16)19(20)13-15-3-2-4-17(22)11-15/h2-5,7,11-12,19-20,24H,6,8-10,13H2,1H3,(H2,23,25). The minimum absolute atomic E-state index is 0.249. The van der Waals surface area contributed by atoms with Gasteiger partial charge in [-0.1, -0.05) is 41.9 Å². The van der Waals surface area contributed by atoms with Gasteiger partial charge in [0.15, 0.2) is 0 Å². The van der Waals surface area contributed by atoms with Crippen LogP contribution in [0.15, 0.2) is 42.5 Å². The number of rotatable bonds is 6. The molecule has 25 heavy (non-hydrogen) atoms. The monoisotopic (exact) mass is 356 g/mol. The zero-order valence-electron chi connectivity index (χ0n) is 14.6. The molecular formula is C21H25ClN2O. The molecule has 132 valence electrons. The van der Waals surface area contributed by atoms with Gasteiger partial charge < -0.3 is 11.1 Å². The van der Waals surface area contributed by atoms with Crippen molar-refractivity contribution in [3.8, 4) is 0 Å². The smallest absolute Gasteiger partial charge is 0.217 e. The summed E-state index contributed by atoms with van der Waals surface area (Å²) in [5.74, 6) is 0.155. The first-order chi connectivity index (χ1) is 12.1. The molecule has 1 aliphatic rings. The fourth-order valence-corrected chi connectivity index (χ4v) is 4.10. The lowest BCUT2D eigenvalue weighted by Crippen LogP contribution is -2.37. The van der Waals surface area contributed by atoms with Gasteiger partial charge in [-0.3, -0.25) is 4.79 Å². The number of likely N-dealkylation sites (N-methyl/N-ethyl adjacent to an activating group) is 1. The molecule has 1 aliphatic carbocycles. The van der Waals surface area contributed by atoms with Crippen LogP contribution in [0.3, 0.4) is 0 Å². The number of nitrogens with two attached hydrogens (primary N) is 1. The Bertz CT molecular complexity index is 759. The van der Waals surface area contributed by atoms with Gasteiger partial charge in [-0.25, -0.2) is 0 Å². The zero-order chi connectivity index (χ0) is 17.8. The molecule has 3 N–H and O–H groups in total. The Morgan fingerprint density at radius 1 is 1.24 bits per heavy atom. The molecule has 4 heteroatoms. The number of hydrogen-bond donors (Lipinski definition) is 2. The van der Waals surface area contributed by atoms with Gasteiger partial charge in [0, 0.05) is 23.4 Å². The molecule has 0 heterocycles. The second-order valence-electron chi connectivity index (χ2n) is 6.87. The van der Waals surface area contributed by atoms with Crippen LogP contribution >= 0.6 is 11.6 Å². The maximum absolute atomic E-state index is 11.1. The second kappa shape index (κ2) is 8.03. The predicted octanol–water partition coefficient (Wildman–Crippen LogP) is 3.62. The van der Waals surface area contributed by atoms with E-state index in [1.54, 1.807) is 0 Å². The van der Waals surface area contributed by atoms with Crippen LogP contribution in [0.1, 0.15) is 41.0 Å². The van der Waals surface area contributed by atoms with E-state index in [1.807, 2.05) is 19.2 Å². The maximum atomic E-state index is 11.1. The van der Waals surface area contributed by atoms with E-state index >= 15 is 0 Å². The van der Waals surface area contributed by atoms with E-state index in [0.717, 1.165) is 24.3 Å². The van der Waals surface area contributed by atoms with Crippen molar-refractivity contribution in [3.63, 3.8) is 0 Å². The lowest BCUT2D eigenvalue weighted by Gasteiger charge is -2.34. The average molecular weight is 357 g/mol. The van der Waals surface area contributed by atoms with Gasteiger partial charge in [0.25, 0.3) is 0 Å². The van der Waals surface area contributed by atoms with Crippen LogP contribution in [0, 0.1) is 0 Å².